The lowest BCUT2D eigenvalue weighted by atomic mass is 10.1. The van der Waals surface area contributed by atoms with Crippen molar-refractivity contribution in [1.29, 1.82) is 0 Å². The smallest absolute Gasteiger partial charge is 0.243 e. The van der Waals surface area contributed by atoms with Gasteiger partial charge < -0.3 is 15.5 Å². The van der Waals surface area contributed by atoms with Gasteiger partial charge in [0.15, 0.2) is 5.96 Å². The van der Waals surface area contributed by atoms with Crippen LogP contribution in [-0.4, -0.2) is 50.0 Å². The molecule has 0 spiro atoms. The fraction of sp³-hybridized carbons (Fsp3) is 0.579. The van der Waals surface area contributed by atoms with Gasteiger partial charge in [-0.3, -0.25) is 4.79 Å². The predicted molar refractivity (Wildman–Crippen MR) is 99.2 cm³/mol. The second-order valence-electron chi connectivity index (χ2n) is 6.83. The van der Waals surface area contributed by atoms with E-state index < -0.39 is 0 Å². The first-order valence-electron chi connectivity index (χ1n) is 8.95. The minimum atomic E-state index is -0.207. The molecule has 0 heterocycles. The molecule has 138 valence electrons. The lowest BCUT2D eigenvalue weighted by Crippen LogP contribution is -2.43. The molecule has 2 rings (SSSR count). The number of nitrogens with zero attached hydrogens (tertiary/aromatic N) is 2. The van der Waals surface area contributed by atoms with Gasteiger partial charge in [0.25, 0.3) is 0 Å². The van der Waals surface area contributed by atoms with Crippen molar-refractivity contribution in [3.8, 4) is 0 Å². The average Bonchev–Trinajstić information content (AvgIpc) is 3.07. The topological polar surface area (TPSA) is 56.7 Å². The van der Waals surface area contributed by atoms with E-state index in [2.05, 4.69) is 15.6 Å². The molecule has 0 aliphatic heterocycles. The van der Waals surface area contributed by atoms with E-state index in [0.717, 1.165) is 30.4 Å². The number of hydrogen-bond donors (Lipinski definition) is 2. The molecule has 1 amide bonds. The van der Waals surface area contributed by atoms with Gasteiger partial charge in [-0.2, -0.15) is 0 Å². The van der Waals surface area contributed by atoms with Crippen LogP contribution in [0.1, 0.15) is 36.8 Å². The summed E-state index contributed by atoms with van der Waals surface area (Å²) < 4.78 is 13.2. The summed E-state index contributed by atoms with van der Waals surface area (Å²) in [6.45, 7) is 2.73. The third kappa shape index (κ3) is 6.36. The Labute approximate surface area is 149 Å². The Morgan fingerprint density at radius 2 is 2.04 bits per heavy atom. The van der Waals surface area contributed by atoms with Crippen LogP contribution in [0.15, 0.2) is 23.2 Å². The fourth-order valence-electron chi connectivity index (χ4n) is 2.96. The lowest BCUT2D eigenvalue weighted by molar-refractivity contribution is -0.127. The number of likely N-dealkylation sites (N-methyl/N-ethyl adjacent to an activating group) is 1. The molecular weight excluding hydrogens is 319 g/mol. The maximum Gasteiger partial charge on any atom is 0.243 e. The molecule has 2 N–H and O–H groups in total. The molecule has 0 unspecified atom stereocenters. The van der Waals surface area contributed by atoms with E-state index in [1.165, 1.54) is 18.9 Å². The molecule has 1 aliphatic rings. The van der Waals surface area contributed by atoms with Gasteiger partial charge in [0.05, 0.1) is 0 Å². The van der Waals surface area contributed by atoms with Crippen LogP contribution in [0.5, 0.6) is 0 Å². The zero-order valence-electron chi connectivity index (χ0n) is 15.4. The highest BCUT2D eigenvalue weighted by Crippen LogP contribution is 2.17. The highest BCUT2D eigenvalue weighted by Gasteiger charge is 2.16. The Morgan fingerprint density at radius 3 is 2.68 bits per heavy atom. The normalized spacial score (nSPS) is 15.3. The Morgan fingerprint density at radius 1 is 1.32 bits per heavy atom. The first-order valence-corrected chi connectivity index (χ1v) is 8.95. The molecule has 1 aromatic carbocycles. The van der Waals surface area contributed by atoms with Crippen molar-refractivity contribution >= 4 is 11.9 Å². The molecule has 1 aromatic rings. The molecule has 1 fully saturated rings. The molecule has 0 bridgehead atoms. The second kappa shape index (κ2) is 9.39. The summed E-state index contributed by atoms with van der Waals surface area (Å²) in [6.07, 6.45) is 5.52. The van der Waals surface area contributed by atoms with Gasteiger partial charge in [-0.1, -0.05) is 18.9 Å². The Hall–Kier alpha value is -2.11. The molecule has 0 atom stereocenters. The zero-order chi connectivity index (χ0) is 18.2. The van der Waals surface area contributed by atoms with Gasteiger partial charge >= 0.3 is 0 Å². The molecular formula is C19H29FN4O. The molecule has 6 heteroatoms. The third-order valence-electron chi connectivity index (χ3n) is 4.56. The summed E-state index contributed by atoms with van der Waals surface area (Å²) in [5.74, 6) is 0.449. The predicted octanol–water partition coefficient (Wildman–Crippen LogP) is 2.24. The van der Waals surface area contributed by atoms with Crippen molar-refractivity contribution in [1.82, 2.24) is 15.5 Å². The number of rotatable bonds is 6. The minimum absolute atomic E-state index is 0.0260. The number of carbonyl (C=O) groups excluding carboxylic acids is 1. The molecule has 5 nitrogen and oxygen atoms in total. The van der Waals surface area contributed by atoms with Gasteiger partial charge in [-0.05, 0) is 49.4 Å². The number of amides is 1. The highest BCUT2D eigenvalue weighted by atomic mass is 19.1. The van der Waals surface area contributed by atoms with E-state index in [-0.39, 0.29) is 18.3 Å². The largest absolute Gasteiger partial charge is 0.356 e. The summed E-state index contributed by atoms with van der Waals surface area (Å²) in [4.78, 5) is 17.7. The molecule has 25 heavy (non-hydrogen) atoms. The van der Waals surface area contributed by atoms with Crippen LogP contribution in [0.2, 0.25) is 0 Å². The van der Waals surface area contributed by atoms with Gasteiger partial charge in [0, 0.05) is 26.7 Å². The summed E-state index contributed by atoms with van der Waals surface area (Å²) in [7, 11) is 3.46. The number of benzene rings is 1. The molecule has 0 aromatic heterocycles. The monoisotopic (exact) mass is 348 g/mol. The quantitative estimate of drug-likeness (QED) is 0.612. The van der Waals surface area contributed by atoms with Crippen molar-refractivity contribution < 1.29 is 9.18 Å². The number of halogens is 1. The van der Waals surface area contributed by atoms with Crippen LogP contribution in [0.4, 0.5) is 4.39 Å². The van der Waals surface area contributed by atoms with Gasteiger partial charge in [0.1, 0.15) is 12.4 Å². The maximum absolute atomic E-state index is 13.2. The lowest BCUT2D eigenvalue weighted by Gasteiger charge is -2.18. The van der Waals surface area contributed by atoms with Crippen LogP contribution in [0, 0.1) is 12.7 Å². The van der Waals surface area contributed by atoms with Crippen molar-refractivity contribution in [2.75, 3.05) is 27.2 Å². The van der Waals surface area contributed by atoms with Crippen molar-refractivity contribution in [2.24, 2.45) is 4.99 Å². The first-order chi connectivity index (χ1) is 12.0. The number of hydrogen-bond acceptors (Lipinski definition) is 2. The summed E-state index contributed by atoms with van der Waals surface area (Å²) in [5.41, 5.74) is 2.06. The fourth-order valence-corrected chi connectivity index (χ4v) is 2.96. The van der Waals surface area contributed by atoms with E-state index >= 15 is 0 Å². The zero-order valence-corrected chi connectivity index (χ0v) is 15.4. The van der Waals surface area contributed by atoms with E-state index in [1.54, 1.807) is 25.1 Å². The van der Waals surface area contributed by atoms with Crippen molar-refractivity contribution in [2.45, 2.75) is 45.1 Å². The third-order valence-corrected chi connectivity index (χ3v) is 4.56. The number of guanidine groups is 1. The van der Waals surface area contributed by atoms with Crippen molar-refractivity contribution in [3.05, 3.63) is 35.1 Å². The summed E-state index contributed by atoms with van der Waals surface area (Å²) >= 11 is 0. The van der Waals surface area contributed by atoms with Crippen LogP contribution in [0.25, 0.3) is 0 Å². The number of aliphatic imine (C=N–C) groups is 1. The van der Waals surface area contributed by atoms with Crippen LogP contribution in [0.3, 0.4) is 0 Å². The van der Waals surface area contributed by atoms with Crippen LogP contribution < -0.4 is 10.6 Å². The Kier molecular flexibility index (Phi) is 7.22. The first kappa shape index (κ1) is 19.2. The van der Waals surface area contributed by atoms with E-state index in [0.29, 0.717) is 18.5 Å². The number of aryl methyl sites for hydroxylation is 1. The van der Waals surface area contributed by atoms with Crippen LogP contribution >= 0.6 is 0 Å². The number of nitrogens with one attached hydrogen (secondary N) is 2. The van der Waals surface area contributed by atoms with Crippen LogP contribution in [-0.2, 0) is 11.2 Å². The standard InChI is InChI=1S/C19H29FN4O/c1-14-12-16(20)9-8-15(14)10-11-21-19(22-13-18(25)24(2)3)23-17-6-4-5-7-17/h8-9,12,17H,4-7,10-11,13H2,1-3H3,(H2,21,22,23). The number of carbonyl (C=O) groups is 1. The van der Waals surface area contributed by atoms with Gasteiger partial charge in [-0.25, -0.2) is 9.38 Å². The molecule has 1 aliphatic carbocycles. The molecule has 0 saturated heterocycles. The maximum atomic E-state index is 13.2. The average molecular weight is 348 g/mol. The second-order valence-corrected chi connectivity index (χ2v) is 6.83. The minimum Gasteiger partial charge on any atom is -0.356 e. The Bertz CT molecular complexity index is 609. The molecule has 1 saturated carbocycles. The highest BCUT2D eigenvalue weighted by molar-refractivity contribution is 5.84. The van der Waals surface area contributed by atoms with Gasteiger partial charge in [-0.15, -0.1) is 0 Å². The van der Waals surface area contributed by atoms with E-state index in [4.69, 9.17) is 0 Å². The van der Waals surface area contributed by atoms with Crippen molar-refractivity contribution in [3.63, 3.8) is 0 Å². The van der Waals surface area contributed by atoms with Gasteiger partial charge in [0.2, 0.25) is 5.91 Å². The summed E-state index contributed by atoms with van der Waals surface area (Å²) in [5, 5.41) is 6.73. The summed E-state index contributed by atoms with van der Waals surface area (Å²) in [6, 6.07) is 5.29. The van der Waals surface area contributed by atoms with E-state index in [1.807, 2.05) is 13.0 Å². The SMILES string of the molecule is Cc1cc(F)ccc1CCNC(=NCC(=O)N(C)C)NC1CCCC1. The Balaban J connectivity index is 1.92. The molecule has 0 radical (unpaired) electrons. The van der Waals surface area contributed by atoms with E-state index in [9.17, 15) is 9.18 Å².